The largest absolute Gasteiger partial charge is 0.393 e. The minimum Gasteiger partial charge on any atom is -0.393 e. The molecule has 0 aliphatic rings. The number of hydrogen-bond donors (Lipinski definition) is 6. The minimum atomic E-state index is -2.31. The minimum absolute atomic E-state index is 0.722. The zero-order chi connectivity index (χ0) is 11.2. The molecule has 0 aliphatic heterocycles. The van der Waals surface area contributed by atoms with Gasteiger partial charge in [0.25, 0.3) is 0 Å². The fraction of sp³-hybridized carbons (Fsp3) is 0.833. The van der Waals surface area contributed by atoms with E-state index in [-0.39, 0.29) is 0 Å². The summed E-state index contributed by atoms with van der Waals surface area (Å²) >= 11 is 0. The molecule has 0 aromatic heterocycles. The fourth-order valence-electron chi connectivity index (χ4n) is 0.705. The van der Waals surface area contributed by atoms with Crippen LogP contribution in [0.2, 0.25) is 0 Å². The number of carbonyl (C=O) groups excluding carboxylic acids is 1. The summed E-state index contributed by atoms with van der Waals surface area (Å²) in [5.74, 6) is -1.00. The van der Waals surface area contributed by atoms with Crippen molar-refractivity contribution in [2.45, 2.75) is 11.7 Å². The zero-order valence-corrected chi connectivity index (χ0v) is 7.25. The van der Waals surface area contributed by atoms with Gasteiger partial charge in [-0.1, -0.05) is 5.64 Å². The van der Waals surface area contributed by atoms with Gasteiger partial charge in [-0.25, -0.2) is 0 Å². The summed E-state index contributed by atoms with van der Waals surface area (Å²) in [5.41, 5.74) is -1.11. The summed E-state index contributed by atoms with van der Waals surface area (Å²) in [5, 5.41) is 43.6. The Balaban J connectivity index is 4.27. The molecule has 8 nitrogen and oxygen atoms in total. The highest BCUT2D eigenvalue weighted by molar-refractivity contribution is 5.85. The first-order valence-corrected chi connectivity index (χ1v) is 3.67. The predicted molar refractivity (Wildman–Crippen MR) is 41.0 cm³/mol. The number of hydrogen-bond acceptors (Lipinski definition) is 8. The van der Waals surface area contributed by atoms with E-state index in [1.54, 1.807) is 0 Å². The van der Waals surface area contributed by atoms with Crippen LogP contribution in [0.5, 0.6) is 0 Å². The van der Waals surface area contributed by atoms with Crippen molar-refractivity contribution in [2.75, 3.05) is 19.8 Å². The lowest BCUT2D eigenvalue weighted by molar-refractivity contribution is -0.175. The standard InChI is InChI=1S/C6H13NO7/c8-2-6(12,3-9)5(11)4(10)1-14-7-13/h5,7-9,11-13H,1-3H2. The molecule has 0 bridgehead atoms. The second kappa shape index (κ2) is 5.98. The van der Waals surface area contributed by atoms with E-state index in [0.717, 1.165) is 0 Å². The maximum absolute atomic E-state index is 11.0. The maximum atomic E-state index is 11.0. The molecule has 0 aromatic carbocycles. The van der Waals surface area contributed by atoms with Gasteiger partial charge in [-0.2, -0.15) is 0 Å². The normalized spacial score (nSPS) is 14.1. The molecule has 0 aromatic rings. The van der Waals surface area contributed by atoms with Gasteiger partial charge in [0.1, 0.15) is 18.3 Å². The van der Waals surface area contributed by atoms with Crippen LogP contribution in [0.1, 0.15) is 0 Å². The highest BCUT2D eigenvalue weighted by atomic mass is 16.8. The van der Waals surface area contributed by atoms with Crippen molar-refractivity contribution in [3.63, 3.8) is 0 Å². The Morgan fingerprint density at radius 2 is 1.93 bits per heavy atom. The quantitative estimate of drug-likeness (QED) is 0.239. The number of rotatable bonds is 7. The molecule has 0 spiro atoms. The maximum Gasteiger partial charge on any atom is 0.192 e. The SMILES string of the molecule is O=C(CONO)C(O)C(O)(CO)CO. The summed E-state index contributed by atoms with van der Waals surface area (Å²) in [7, 11) is 0. The van der Waals surface area contributed by atoms with Crippen LogP contribution in [0.25, 0.3) is 0 Å². The van der Waals surface area contributed by atoms with Gasteiger partial charge in [-0.05, 0) is 0 Å². The van der Waals surface area contributed by atoms with Crippen LogP contribution in [0.4, 0.5) is 0 Å². The number of Topliss-reactive ketones (excluding diaryl/α,β-unsaturated/α-hetero) is 1. The Labute approximate surface area is 79.3 Å². The zero-order valence-electron chi connectivity index (χ0n) is 7.25. The molecule has 84 valence electrons. The third kappa shape index (κ3) is 3.27. The average Bonchev–Trinajstić information content (AvgIpc) is 2.23. The number of nitrogens with one attached hydrogen (secondary N) is 1. The topological polar surface area (TPSA) is 139 Å². The van der Waals surface area contributed by atoms with E-state index < -0.39 is 37.3 Å². The van der Waals surface area contributed by atoms with E-state index in [0.29, 0.717) is 0 Å². The Bertz CT molecular complexity index is 181. The van der Waals surface area contributed by atoms with Gasteiger partial charge in [-0.3, -0.25) is 14.8 Å². The van der Waals surface area contributed by atoms with Crippen LogP contribution in [0.3, 0.4) is 0 Å². The number of ketones is 1. The molecule has 1 atom stereocenters. The molecular weight excluding hydrogens is 198 g/mol. The summed E-state index contributed by atoms with van der Waals surface area (Å²) < 4.78 is 0. The van der Waals surface area contributed by atoms with Crippen LogP contribution in [0.15, 0.2) is 0 Å². The van der Waals surface area contributed by atoms with Crippen molar-refractivity contribution in [3.8, 4) is 0 Å². The van der Waals surface area contributed by atoms with Gasteiger partial charge in [0, 0.05) is 0 Å². The summed E-state index contributed by atoms with van der Waals surface area (Å²) in [6, 6.07) is 0. The van der Waals surface area contributed by atoms with Gasteiger partial charge in [0.15, 0.2) is 5.78 Å². The molecule has 8 heteroatoms. The third-order valence-electron chi connectivity index (χ3n) is 1.64. The van der Waals surface area contributed by atoms with Crippen molar-refractivity contribution in [1.82, 2.24) is 5.64 Å². The molecule has 0 aliphatic carbocycles. The van der Waals surface area contributed by atoms with E-state index in [1.807, 2.05) is 0 Å². The van der Waals surface area contributed by atoms with Gasteiger partial charge in [-0.15, -0.1) is 0 Å². The Morgan fingerprint density at radius 3 is 2.29 bits per heavy atom. The van der Waals surface area contributed by atoms with Crippen LogP contribution >= 0.6 is 0 Å². The van der Waals surface area contributed by atoms with Gasteiger partial charge < -0.3 is 20.4 Å². The van der Waals surface area contributed by atoms with E-state index in [9.17, 15) is 9.90 Å². The molecule has 0 fully saturated rings. The van der Waals surface area contributed by atoms with Crippen molar-refractivity contribution in [2.24, 2.45) is 0 Å². The van der Waals surface area contributed by atoms with Crippen LogP contribution < -0.4 is 5.64 Å². The number of aliphatic hydroxyl groups excluding tert-OH is 3. The molecule has 6 N–H and O–H groups in total. The predicted octanol–water partition coefficient (Wildman–Crippen LogP) is -3.46. The monoisotopic (exact) mass is 211 g/mol. The van der Waals surface area contributed by atoms with Crippen molar-refractivity contribution in [3.05, 3.63) is 0 Å². The van der Waals surface area contributed by atoms with Crippen LogP contribution in [0, 0.1) is 0 Å². The van der Waals surface area contributed by atoms with Crippen LogP contribution in [-0.2, 0) is 9.63 Å². The lowest BCUT2D eigenvalue weighted by Crippen LogP contribution is -2.53. The smallest absolute Gasteiger partial charge is 0.192 e. The Morgan fingerprint density at radius 1 is 1.43 bits per heavy atom. The van der Waals surface area contributed by atoms with Crippen LogP contribution in [-0.4, -0.2) is 62.9 Å². The molecule has 0 saturated carbocycles. The van der Waals surface area contributed by atoms with Gasteiger partial charge >= 0.3 is 0 Å². The molecule has 0 heterocycles. The summed E-state index contributed by atoms with van der Waals surface area (Å²) in [6.45, 7) is -2.69. The molecule has 0 saturated heterocycles. The summed E-state index contributed by atoms with van der Waals surface area (Å²) in [4.78, 5) is 15.0. The number of carbonyl (C=O) groups is 1. The lowest BCUT2D eigenvalue weighted by atomic mass is 9.96. The van der Waals surface area contributed by atoms with Crippen molar-refractivity contribution in [1.29, 1.82) is 0 Å². The van der Waals surface area contributed by atoms with Crippen molar-refractivity contribution < 1.29 is 35.3 Å². The van der Waals surface area contributed by atoms with E-state index in [1.165, 1.54) is 5.64 Å². The van der Waals surface area contributed by atoms with Gasteiger partial charge in [0.2, 0.25) is 0 Å². The summed E-state index contributed by atoms with van der Waals surface area (Å²) in [6.07, 6.45) is -1.99. The number of aliphatic hydroxyl groups is 4. The first-order valence-electron chi connectivity index (χ1n) is 3.67. The molecule has 1 unspecified atom stereocenters. The lowest BCUT2D eigenvalue weighted by Gasteiger charge is -2.27. The second-order valence-electron chi connectivity index (χ2n) is 2.67. The van der Waals surface area contributed by atoms with E-state index >= 15 is 0 Å². The van der Waals surface area contributed by atoms with E-state index in [4.69, 9.17) is 20.5 Å². The molecule has 0 amide bonds. The van der Waals surface area contributed by atoms with E-state index in [2.05, 4.69) is 4.84 Å². The highest BCUT2D eigenvalue weighted by Gasteiger charge is 2.39. The fourth-order valence-corrected chi connectivity index (χ4v) is 0.705. The third-order valence-corrected chi connectivity index (χ3v) is 1.64. The highest BCUT2D eigenvalue weighted by Crippen LogP contribution is 2.10. The average molecular weight is 211 g/mol. The first-order chi connectivity index (χ1) is 6.51. The molecule has 14 heavy (non-hydrogen) atoms. The second-order valence-corrected chi connectivity index (χ2v) is 2.67. The molecule has 0 rings (SSSR count). The molecular formula is C6H13NO7. The Hall–Kier alpha value is -0.610. The first kappa shape index (κ1) is 13.4. The van der Waals surface area contributed by atoms with Crippen molar-refractivity contribution >= 4 is 5.78 Å². The Kier molecular flexibility index (Phi) is 5.72. The van der Waals surface area contributed by atoms with Gasteiger partial charge in [0.05, 0.1) is 13.2 Å². The molecule has 0 radical (unpaired) electrons.